The van der Waals surface area contributed by atoms with Gasteiger partial charge in [-0.05, 0) is 48.4 Å². The topological polar surface area (TPSA) is 66.8 Å². The first-order valence-corrected chi connectivity index (χ1v) is 10.5. The number of halogens is 2. The highest BCUT2D eigenvalue weighted by Crippen LogP contribution is 2.44. The van der Waals surface area contributed by atoms with E-state index < -0.39 is 17.7 Å². The number of anilines is 1. The Morgan fingerprint density at radius 3 is 2.41 bits per heavy atom. The maximum atomic E-state index is 13.2. The third-order valence-electron chi connectivity index (χ3n) is 5.45. The van der Waals surface area contributed by atoms with E-state index in [0.29, 0.717) is 27.6 Å². The Hall–Kier alpha value is -3.28. The van der Waals surface area contributed by atoms with Gasteiger partial charge < -0.3 is 9.84 Å². The van der Waals surface area contributed by atoms with E-state index in [2.05, 4.69) is 0 Å². The van der Waals surface area contributed by atoms with Gasteiger partial charge in [-0.15, -0.1) is 0 Å². The summed E-state index contributed by atoms with van der Waals surface area (Å²) in [6.07, 6.45) is 0. The first-order chi connectivity index (χ1) is 15.3. The molecule has 0 saturated carbocycles. The summed E-state index contributed by atoms with van der Waals surface area (Å²) in [6.45, 7) is 1.88. The van der Waals surface area contributed by atoms with Crippen LogP contribution in [0.4, 0.5) is 5.69 Å². The zero-order chi connectivity index (χ0) is 23.0. The van der Waals surface area contributed by atoms with Crippen LogP contribution in [0.2, 0.25) is 10.0 Å². The van der Waals surface area contributed by atoms with Gasteiger partial charge in [-0.2, -0.15) is 0 Å². The number of amides is 1. The number of ketones is 1. The van der Waals surface area contributed by atoms with Gasteiger partial charge in [0.2, 0.25) is 0 Å². The van der Waals surface area contributed by atoms with Crippen LogP contribution >= 0.6 is 23.2 Å². The van der Waals surface area contributed by atoms with E-state index in [9.17, 15) is 14.7 Å². The molecular weight excluding hydrogens is 449 g/mol. The summed E-state index contributed by atoms with van der Waals surface area (Å²) in [6, 6.07) is 18.0. The molecule has 1 saturated heterocycles. The molecule has 1 fully saturated rings. The van der Waals surface area contributed by atoms with Gasteiger partial charge in [-0.3, -0.25) is 14.5 Å². The molecular formula is C25H19Cl2NO4. The molecule has 4 rings (SSSR count). The maximum Gasteiger partial charge on any atom is 0.300 e. The Kier molecular flexibility index (Phi) is 5.96. The normalized spacial score (nSPS) is 17.6. The number of aryl methyl sites for hydroxylation is 1. The van der Waals surface area contributed by atoms with Crippen molar-refractivity contribution < 1.29 is 19.4 Å². The standard InChI is InChI=1S/C25H19Cl2NO4/c1-14-6-3-4-9-18(14)22-21(23(29)15-7-5-8-17(12-15)32-2)24(30)25(31)28(22)16-10-11-19(26)20(27)13-16/h3-13,22,29H,1-2H3/b23-21+. The first kappa shape index (κ1) is 21.9. The second kappa shape index (κ2) is 8.69. The van der Waals surface area contributed by atoms with Gasteiger partial charge in [0.25, 0.3) is 11.7 Å². The Morgan fingerprint density at radius 2 is 1.72 bits per heavy atom. The number of hydrogen-bond acceptors (Lipinski definition) is 4. The van der Waals surface area contributed by atoms with E-state index in [0.717, 1.165) is 5.56 Å². The van der Waals surface area contributed by atoms with Gasteiger partial charge in [-0.25, -0.2) is 0 Å². The second-order valence-electron chi connectivity index (χ2n) is 7.36. The van der Waals surface area contributed by atoms with E-state index in [1.807, 2.05) is 31.2 Å². The number of ether oxygens (including phenoxy) is 1. The minimum atomic E-state index is -0.848. The van der Waals surface area contributed by atoms with Gasteiger partial charge >= 0.3 is 0 Å². The molecule has 0 radical (unpaired) electrons. The molecule has 3 aromatic rings. The monoisotopic (exact) mass is 467 g/mol. The lowest BCUT2D eigenvalue weighted by molar-refractivity contribution is -0.132. The van der Waals surface area contributed by atoms with Crippen molar-refractivity contribution in [2.24, 2.45) is 0 Å². The van der Waals surface area contributed by atoms with E-state index >= 15 is 0 Å². The molecule has 1 atom stereocenters. The molecule has 1 heterocycles. The summed E-state index contributed by atoms with van der Waals surface area (Å²) < 4.78 is 5.24. The molecule has 0 spiro atoms. The van der Waals surface area contributed by atoms with Gasteiger partial charge in [-0.1, -0.05) is 59.6 Å². The van der Waals surface area contributed by atoms with E-state index in [1.54, 1.807) is 36.4 Å². The maximum absolute atomic E-state index is 13.2. The molecule has 1 aliphatic rings. The van der Waals surface area contributed by atoms with Crippen molar-refractivity contribution in [2.75, 3.05) is 12.0 Å². The predicted octanol–water partition coefficient (Wildman–Crippen LogP) is 5.94. The quantitative estimate of drug-likeness (QED) is 0.293. The number of rotatable bonds is 4. The Morgan fingerprint density at radius 1 is 0.969 bits per heavy atom. The van der Waals surface area contributed by atoms with Crippen LogP contribution in [0, 0.1) is 6.92 Å². The van der Waals surface area contributed by atoms with Crippen LogP contribution in [0.1, 0.15) is 22.7 Å². The molecule has 162 valence electrons. The Labute approximate surface area is 195 Å². The van der Waals surface area contributed by atoms with Crippen LogP contribution in [0.5, 0.6) is 5.75 Å². The number of benzene rings is 3. The Bertz CT molecular complexity index is 1270. The van der Waals surface area contributed by atoms with Crippen molar-refractivity contribution in [3.05, 3.63) is 99.0 Å². The van der Waals surface area contributed by atoms with E-state index in [1.165, 1.54) is 18.1 Å². The third-order valence-corrected chi connectivity index (χ3v) is 6.19. The first-order valence-electron chi connectivity index (χ1n) is 9.79. The van der Waals surface area contributed by atoms with Crippen LogP contribution in [-0.2, 0) is 9.59 Å². The number of nitrogens with zero attached hydrogens (tertiary/aromatic N) is 1. The van der Waals surface area contributed by atoms with Crippen LogP contribution in [0.15, 0.2) is 72.3 Å². The molecule has 5 nitrogen and oxygen atoms in total. The van der Waals surface area contributed by atoms with Gasteiger partial charge in [0.15, 0.2) is 0 Å². The lowest BCUT2D eigenvalue weighted by Gasteiger charge is -2.27. The lowest BCUT2D eigenvalue weighted by atomic mass is 9.92. The molecule has 0 aliphatic carbocycles. The summed E-state index contributed by atoms with van der Waals surface area (Å²) in [5.41, 5.74) is 2.33. The van der Waals surface area contributed by atoms with Crippen molar-refractivity contribution in [1.82, 2.24) is 0 Å². The van der Waals surface area contributed by atoms with E-state index in [4.69, 9.17) is 27.9 Å². The van der Waals surface area contributed by atoms with Crippen LogP contribution < -0.4 is 9.64 Å². The molecule has 32 heavy (non-hydrogen) atoms. The number of aliphatic hydroxyl groups excluding tert-OH is 1. The average Bonchev–Trinajstić information content (AvgIpc) is 3.06. The van der Waals surface area contributed by atoms with Crippen molar-refractivity contribution in [2.45, 2.75) is 13.0 Å². The van der Waals surface area contributed by atoms with Gasteiger partial charge in [0.1, 0.15) is 11.5 Å². The number of Topliss-reactive ketones (excluding diaryl/α,β-unsaturated/α-hetero) is 1. The number of carbonyl (C=O) groups is 2. The molecule has 1 N–H and O–H groups in total. The van der Waals surface area contributed by atoms with Gasteiger partial charge in [0, 0.05) is 11.3 Å². The fourth-order valence-electron chi connectivity index (χ4n) is 3.85. The SMILES string of the molecule is COc1cccc(/C(O)=C2\C(=O)C(=O)N(c3ccc(Cl)c(Cl)c3)C2c2ccccc2C)c1. The number of hydrogen-bond donors (Lipinski definition) is 1. The van der Waals surface area contributed by atoms with Crippen molar-refractivity contribution in [3.63, 3.8) is 0 Å². The zero-order valence-electron chi connectivity index (χ0n) is 17.3. The number of aliphatic hydroxyl groups is 1. The van der Waals surface area contributed by atoms with E-state index in [-0.39, 0.29) is 16.4 Å². The van der Waals surface area contributed by atoms with Gasteiger partial charge in [0.05, 0.1) is 28.8 Å². The number of methoxy groups -OCH3 is 1. The Balaban J connectivity index is 1.98. The van der Waals surface area contributed by atoms with Crippen molar-refractivity contribution >= 4 is 46.3 Å². The molecule has 0 bridgehead atoms. The highest BCUT2D eigenvalue weighted by Gasteiger charge is 2.47. The van der Waals surface area contributed by atoms with Crippen molar-refractivity contribution in [1.29, 1.82) is 0 Å². The van der Waals surface area contributed by atoms with Crippen LogP contribution in [-0.4, -0.2) is 23.9 Å². The molecule has 1 aliphatic heterocycles. The fraction of sp³-hybridized carbons (Fsp3) is 0.120. The second-order valence-corrected chi connectivity index (χ2v) is 8.17. The summed E-state index contributed by atoms with van der Waals surface area (Å²) in [5.74, 6) is -1.32. The molecule has 7 heteroatoms. The third kappa shape index (κ3) is 3.74. The molecule has 1 amide bonds. The highest BCUT2D eigenvalue weighted by molar-refractivity contribution is 6.52. The minimum Gasteiger partial charge on any atom is -0.507 e. The summed E-state index contributed by atoms with van der Waals surface area (Å²) in [7, 11) is 1.51. The molecule has 1 unspecified atom stereocenters. The minimum absolute atomic E-state index is 0.0105. The lowest BCUT2D eigenvalue weighted by Crippen LogP contribution is -2.29. The highest BCUT2D eigenvalue weighted by atomic mass is 35.5. The predicted molar refractivity (Wildman–Crippen MR) is 125 cm³/mol. The average molecular weight is 468 g/mol. The summed E-state index contributed by atoms with van der Waals surface area (Å²) in [4.78, 5) is 27.7. The van der Waals surface area contributed by atoms with Crippen LogP contribution in [0.25, 0.3) is 5.76 Å². The largest absolute Gasteiger partial charge is 0.507 e. The molecule has 3 aromatic carbocycles. The zero-order valence-corrected chi connectivity index (χ0v) is 18.8. The fourth-order valence-corrected chi connectivity index (χ4v) is 4.14. The summed E-state index contributed by atoms with van der Waals surface area (Å²) in [5, 5.41) is 11.8. The van der Waals surface area contributed by atoms with Crippen molar-refractivity contribution in [3.8, 4) is 5.75 Å². The summed E-state index contributed by atoms with van der Waals surface area (Å²) >= 11 is 12.3. The number of carbonyl (C=O) groups excluding carboxylic acids is 2. The van der Waals surface area contributed by atoms with Crippen LogP contribution in [0.3, 0.4) is 0 Å². The molecule has 0 aromatic heterocycles. The smallest absolute Gasteiger partial charge is 0.300 e.